The average Bonchev–Trinajstić information content (AvgIpc) is 3.29. The number of carbonyl (C=O) groups excluding carboxylic acids is 1. The third-order valence-corrected chi connectivity index (χ3v) is 7.05. The minimum Gasteiger partial charge on any atom is -0.348 e. The standard InChI is InChI=1S/C19H23ClN4O3S/c1-14-17(19(20)23(2)22-14)9-10-18(25)21-13-15-5-7-16(8-6-15)28(26,27)24-11-3-4-12-24/h5-10H,3-4,11-13H2,1-2H3,(H,21,25)/b10-9+. The summed E-state index contributed by atoms with van der Waals surface area (Å²) in [6.07, 6.45) is 4.84. The highest BCUT2D eigenvalue weighted by Gasteiger charge is 2.26. The second-order valence-electron chi connectivity index (χ2n) is 6.72. The fourth-order valence-corrected chi connectivity index (χ4v) is 4.85. The first kappa shape index (κ1) is 20.6. The molecule has 0 atom stereocenters. The smallest absolute Gasteiger partial charge is 0.244 e. The van der Waals surface area contributed by atoms with Crippen molar-refractivity contribution in [3.05, 3.63) is 52.3 Å². The maximum absolute atomic E-state index is 12.5. The molecule has 1 fully saturated rings. The molecule has 1 saturated heterocycles. The fourth-order valence-electron chi connectivity index (χ4n) is 3.10. The first-order valence-corrected chi connectivity index (χ1v) is 10.8. The maximum atomic E-state index is 12.5. The lowest BCUT2D eigenvalue weighted by Gasteiger charge is -2.15. The number of halogens is 1. The zero-order valence-electron chi connectivity index (χ0n) is 15.9. The second kappa shape index (κ2) is 8.46. The van der Waals surface area contributed by atoms with Crippen LogP contribution in [0.3, 0.4) is 0 Å². The van der Waals surface area contributed by atoms with E-state index in [2.05, 4.69) is 10.4 Å². The average molecular weight is 423 g/mol. The molecule has 0 bridgehead atoms. The molecule has 1 amide bonds. The molecular weight excluding hydrogens is 400 g/mol. The number of nitrogens with zero attached hydrogens (tertiary/aromatic N) is 3. The predicted molar refractivity (Wildman–Crippen MR) is 108 cm³/mol. The molecule has 1 aliphatic heterocycles. The zero-order chi connectivity index (χ0) is 20.3. The third kappa shape index (κ3) is 4.45. The second-order valence-corrected chi connectivity index (χ2v) is 9.02. The van der Waals surface area contributed by atoms with Gasteiger partial charge in [0.2, 0.25) is 15.9 Å². The van der Waals surface area contributed by atoms with Gasteiger partial charge >= 0.3 is 0 Å². The third-order valence-electron chi connectivity index (χ3n) is 4.69. The molecule has 0 aliphatic carbocycles. The molecule has 0 spiro atoms. The number of sulfonamides is 1. The molecule has 1 N–H and O–H groups in total. The summed E-state index contributed by atoms with van der Waals surface area (Å²) < 4.78 is 28.1. The molecule has 28 heavy (non-hydrogen) atoms. The van der Waals surface area contributed by atoms with Gasteiger partial charge in [-0.15, -0.1) is 0 Å². The van der Waals surface area contributed by atoms with Gasteiger partial charge in [0.25, 0.3) is 0 Å². The molecule has 9 heteroatoms. The summed E-state index contributed by atoms with van der Waals surface area (Å²) in [4.78, 5) is 12.3. The van der Waals surface area contributed by atoms with E-state index in [-0.39, 0.29) is 10.8 Å². The van der Waals surface area contributed by atoms with Crippen LogP contribution in [0.25, 0.3) is 6.08 Å². The van der Waals surface area contributed by atoms with Crippen LogP contribution in [0.5, 0.6) is 0 Å². The molecule has 2 aromatic rings. The number of benzene rings is 1. The van der Waals surface area contributed by atoms with Crippen molar-refractivity contribution < 1.29 is 13.2 Å². The molecule has 1 aromatic heterocycles. The van der Waals surface area contributed by atoms with Gasteiger partial charge in [-0.2, -0.15) is 9.40 Å². The molecule has 3 rings (SSSR count). The molecule has 0 radical (unpaired) electrons. The van der Waals surface area contributed by atoms with E-state index >= 15 is 0 Å². The zero-order valence-corrected chi connectivity index (χ0v) is 17.4. The molecule has 150 valence electrons. The van der Waals surface area contributed by atoms with Crippen LogP contribution in [0.15, 0.2) is 35.2 Å². The van der Waals surface area contributed by atoms with Gasteiger partial charge < -0.3 is 5.32 Å². The van der Waals surface area contributed by atoms with E-state index in [0.29, 0.717) is 30.4 Å². The van der Waals surface area contributed by atoms with E-state index in [1.54, 1.807) is 42.1 Å². The summed E-state index contributed by atoms with van der Waals surface area (Å²) in [5.41, 5.74) is 2.26. The van der Waals surface area contributed by atoms with Gasteiger partial charge in [0.05, 0.1) is 10.6 Å². The van der Waals surface area contributed by atoms with E-state index in [9.17, 15) is 13.2 Å². The molecule has 0 saturated carbocycles. The number of carbonyl (C=O) groups is 1. The van der Waals surface area contributed by atoms with Crippen LogP contribution in [-0.2, 0) is 28.4 Å². The van der Waals surface area contributed by atoms with E-state index < -0.39 is 10.0 Å². The van der Waals surface area contributed by atoms with Crippen molar-refractivity contribution in [3.63, 3.8) is 0 Å². The maximum Gasteiger partial charge on any atom is 0.244 e. The number of nitrogens with one attached hydrogen (secondary N) is 1. The Labute approximate surface area is 170 Å². The number of amides is 1. The van der Waals surface area contributed by atoms with Gasteiger partial charge in [0.1, 0.15) is 5.15 Å². The van der Waals surface area contributed by atoms with Gasteiger partial charge in [-0.1, -0.05) is 23.7 Å². The van der Waals surface area contributed by atoms with Crippen molar-refractivity contribution in [3.8, 4) is 0 Å². The molecular formula is C19H23ClN4O3S. The Morgan fingerprint density at radius 2 is 1.89 bits per heavy atom. The number of rotatable bonds is 6. The van der Waals surface area contributed by atoms with Crippen molar-refractivity contribution in [2.45, 2.75) is 31.2 Å². The van der Waals surface area contributed by atoms with Crippen LogP contribution in [-0.4, -0.2) is 41.5 Å². The molecule has 7 nitrogen and oxygen atoms in total. The summed E-state index contributed by atoms with van der Waals surface area (Å²) in [5, 5.41) is 7.43. The number of aryl methyl sites for hydroxylation is 2. The predicted octanol–water partition coefficient (Wildman–Crippen LogP) is 2.50. The van der Waals surface area contributed by atoms with Crippen LogP contribution in [0, 0.1) is 6.92 Å². The van der Waals surface area contributed by atoms with E-state index in [1.807, 2.05) is 6.92 Å². The lowest BCUT2D eigenvalue weighted by atomic mass is 10.2. The van der Waals surface area contributed by atoms with E-state index in [0.717, 1.165) is 24.1 Å². The lowest BCUT2D eigenvalue weighted by molar-refractivity contribution is -0.116. The van der Waals surface area contributed by atoms with Crippen molar-refractivity contribution in [1.29, 1.82) is 0 Å². The highest BCUT2D eigenvalue weighted by molar-refractivity contribution is 7.89. The van der Waals surface area contributed by atoms with Crippen LogP contribution in [0.1, 0.15) is 29.7 Å². The molecule has 1 aliphatic rings. The van der Waals surface area contributed by atoms with Gasteiger partial charge in [-0.3, -0.25) is 9.48 Å². The summed E-state index contributed by atoms with van der Waals surface area (Å²) in [6, 6.07) is 6.61. The quantitative estimate of drug-likeness (QED) is 0.725. The Hall–Kier alpha value is -2.16. The monoisotopic (exact) mass is 422 g/mol. The van der Waals surface area contributed by atoms with Crippen LogP contribution in [0.2, 0.25) is 5.15 Å². The first-order chi connectivity index (χ1) is 13.3. The molecule has 1 aromatic carbocycles. The van der Waals surface area contributed by atoms with Crippen molar-refractivity contribution in [2.75, 3.05) is 13.1 Å². The van der Waals surface area contributed by atoms with Crippen LogP contribution < -0.4 is 5.32 Å². The summed E-state index contributed by atoms with van der Waals surface area (Å²) in [7, 11) is -1.68. The highest BCUT2D eigenvalue weighted by atomic mass is 35.5. The highest BCUT2D eigenvalue weighted by Crippen LogP contribution is 2.21. The Balaban J connectivity index is 1.59. The van der Waals surface area contributed by atoms with Gasteiger partial charge in [-0.05, 0) is 43.5 Å². The Kier molecular flexibility index (Phi) is 6.22. The van der Waals surface area contributed by atoms with Gasteiger partial charge in [-0.25, -0.2) is 8.42 Å². The molecule has 0 unspecified atom stereocenters. The van der Waals surface area contributed by atoms with Crippen molar-refractivity contribution in [1.82, 2.24) is 19.4 Å². The van der Waals surface area contributed by atoms with E-state index in [4.69, 9.17) is 11.6 Å². The van der Waals surface area contributed by atoms with E-state index in [1.165, 1.54) is 10.4 Å². The van der Waals surface area contributed by atoms with Gasteiger partial charge in [0, 0.05) is 38.3 Å². The minimum atomic E-state index is -3.42. The normalized spacial score (nSPS) is 15.4. The first-order valence-electron chi connectivity index (χ1n) is 9.03. The largest absolute Gasteiger partial charge is 0.348 e. The van der Waals surface area contributed by atoms with Crippen molar-refractivity contribution in [2.24, 2.45) is 7.05 Å². The van der Waals surface area contributed by atoms with Crippen LogP contribution >= 0.6 is 11.6 Å². The summed E-state index contributed by atoms with van der Waals surface area (Å²) in [6.45, 7) is 3.27. The van der Waals surface area contributed by atoms with Crippen molar-refractivity contribution >= 4 is 33.6 Å². The minimum absolute atomic E-state index is 0.270. The lowest BCUT2D eigenvalue weighted by Crippen LogP contribution is -2.27. The topological polar surface area (TPSA) is 84.3 Å². The Morgan fingerprint density at radius 1 is 1.25 bits per heavy atom. The van der Waals surface area contributed by atoms with Crippen LogP contribution in [0.4, 0.5) is 0 Å². The summed E-state index contributed by atoms with van der Waals surface area (Å²) >= 11 is 6.13. The number of aromatic nitrogens is 2. The summed E-state index contributed by atoms with van der Waals surface area (Å²) in [5.74, 6) is -0.270. The SMILES string of the molecule is Cc1nn(C)c(Cl)c1/C=C/C(=O)NCc1ccc(S(=O)(=O)N2CCCC2)cc1. The number of hydrogen-bond donors (Lipinski definition) is 1. The Bertz CT molecular complexity index is 991. The Morgan fingerprint density at radius 3 is 2.46 bits per heavy atom. The van der Waals surface area contributed by atoms with Gasteiger partial charge in [0.15, 0.2) is 0 Å². The molecule has 2 heterocycles. The number of hydrogen-bond acceptors (Lipinski definition) is 4. The fraction of sp³-hybridized carbons (Fsp3) is 0.368.